The second-order valence-corrected chi connectivity index (χ2v) is 8.44. The molecule has 0 saturated carbocycles. The Hall–Kier alpha value is -1.93. The highest BCUT2D eigenvalue weighted by molar-refractivity contribution is 7.88. The molecule has 0 unspecified atom stereocenters. The van der Waals surface area contributed by atoms with Crippen molar-refractivity contribution in [3.8, 4) is 0 Å². The Balaban J connectivity index is 1.99. The molecule has 2 N–H and O–H groups in total. The number of carbonyl (C=O) groups is 2. The Bertz CT molecular complexity index is 747. The summed E-state index contributed by atoms with van der Waals surface area (Å²) >= 11 is 0. The second-order valence-electron chi connectivity index (χ2n) is 6.51. The molecule has 1 amide bonds. The standard InChI is InChI=1S/C17H24N2O5S/c1-12-5-3-6-13(9-12)10-14(17(21)22)11-18-16(20)15-7-4-8-19(15)25(2,23)24/h3,5-6,9,14-15H,4,7-8,10-11H2,1-2H3,(H,18,20)(H,21,22)/t14-,15-/m1/s1. The lowest BCUT2D eigenvalue weighted by molar-refractivity contribution is -0.141. The van der Waals surface area contributed by atoms with E-state index in [1.807, 2.05) is 31.2 Å². The number of aryl methyl sites for hydroxylation is 1. The number of aliphatic carboxylic acids is 1. The third kappa shape index (κ3) is 5.27. The van der Waals surface area contributed by atoms with E-state index >= 15 is 0 Å². The number of benzene rings is 1. The Morgan fingerprint density at radius 2 is 2.12 bits per heavy atom. The van der Waals surface area contributed by atoms with Crippen LogP contribution in [0.3, 0.4) is 0 Å². The van der Waals surface area contributed by atoms with Crippen LogP contribution in [-0.2, 0) is 26.0 Å². The predicted octanol–water partition coefficient (Wildman–Crippen LogP) is 0.779. The number of nitrogens with one attached hydrogen (secondary N) is 1. The first-order chi connectivity index (χ1) is 11.7. The third-order valence-electron chi connectivity index (χ3n) is 4.37. The molecule has 1 aromatic carbocycles. The molecule has 7 nitrogen and oxygen atoms in total. The molecule has 2 rings (SSSR count). The first kappa shape index (κ1) is 19.4. The topological polar surface area (TPSA) is 104 Å². The Labute approximate surface area is 148 Å². The van der Waals surface area contributed by atoms with Gasteiger partial charge in [0.1, 0.15) is 6.04 Å². The van der Waals surface area contributed by atoms with Crippen molar-refractivity contribution in [1.82, 2.24) is 9.62 Å². The van der Waals surface area contributed by atoms with Gasteiger partial charge >= 0.3 is 5.97 Å². The SMILES string of the molecule is Cc1cccc(C[C@H](CNC(=O)[C@H]2CCCN2S(C)(=O)=O)C(=O)O)c1. The lowest BCUT2D eigenvalue weighted by Crippen LogP contribution is -2.47. The molecule has 138 valence electrons. The van der Waals surface area contributed by atoms with Crippen LogP contribution in [0.15, 0.2) is 24.3 Å². The number of carboxylic acid groups (broad SMARTS) is 1. The molecule has 0 radical (unpaired) electrons. The number of nitrogens with zero attached hydrogens (tertiary/aromatic N) is 1. The monoisotopic (exact) mass is 368 g/mol. The van der Waals surface area contributed by atoms with Crippen molar-refractivity contribution in [3.63, 3.8) is 0 Å². The largest absolute Gasteiger partial charge is 0.481 e. The minimum absolute atomic E-state index is 0.0315. The number of hydrogen-bond donors (Lipinski definition) is 2. The zero-order chi connectivity index (χ0) is 18.6. The van der Waals surface area contributed by atoms with Crippen LogP contribution in [0.5, 0.6) is 0 Å². The zero-order valence-electron chi connectivity index (χ0n) is 14.4. The third-order valence-corrected chi connectivity index (χ3v) is 5.66. The number of hydrogen-bond acceptors (Lipinski definition) is 4. The smallest absolute Gasteiger partial charge is 0.308 e. The molecule has 25 heavy (non-hydrogen) atoms. The molecule has 1 fully saturated rings. The summed E-state index contributed by atoms with van der Waals surface area (Å²) in [4.78, 5) is 23.8. The van der Waals surface area contributed by atoms with Crippen LogP contribution < -0.4 is 5.32 Å². The lowest BCUT2D eigenvalue weighted by Gasteiger charge is -2.22. The molecule has 1 saturated heterocycles. The fraction of sp³-hybridized carbons (Fsp3) is 0.529. The van der Waals surface area contributed by atoms with Crippen LogP contribution in [0.2, 0.25) is 0 Å². The van der Waals surface area contributed by atoms with Crippen LogP contribution in [0.4, 0.5) is 0 Å². The summed E-state index contributed by atoms with van der Waals surface area (Å²) in [7, 11) is -3.45. The van der Waals surface area contributed by atoms with Gasteiger partial charge in [-0.1, -0.05) is 29.8 Å². The van der Waals surface area contributed by atoms with Crippen molar-refractivity contribution in [2.45, 2.75) is 32.2 Å². The molecular weight excluding hydrogens is 344 g/mol. The van der Waals surface area contributed by atoms with Gasteiger partial charge in [0.15, 0.2) is 0 Å². The van der Waals surface area contributed by atoms with Crippen molar-refractivity contribution < 1.29 is 23.1 Å². The zero-order valence-corrected chi connectivity index (χ0v) is 15.3. The first-order valence-electron chi connectivity index (χ1n) is 8.21. The quantitative estimate of drug-likeness (QED) is 0.740. The van der Waals surface area contributed by atoms with E-state index in [1.165, 1.54) is 4.31 Å². The Morgan fingerprint density at radius 3 is 2.72 bits per heavy atom. The molecule has 0 spiro atoms. The van der Waals surface area contributed by atoms with Gasteiger partial charge in [-0.15, -0.1) is 0 Å². The molecule has 1 aromatic rings. The van der Waals surface area contributed by atoms with Gasteiger partial charge in [0.2, 0.25) is 15.9 Å². The maximum absolute atomic E-state index is 12.3. The number of rotatable bonds is 7. The average molecular weight is 368 g/mol. The molecule has 1 aliphatic rings. The molecule has 1 heterocycles. The van der Waals surface area contributed by atoms with Crippen molar-refractivity contribution in [2.75, 3.05) is 19.3 Å². The van der Waals surface area contributed by atoms with Crippen LogP contribution >= 0.6 is 0 Å². The summed E-state index contributed by atoms with van der Waals surface area (Å²) < 4.78 is 24.6. The fourth-order valence-corrected chi connectivity index (χ4v) is 4.24. The van der Waals surface area contributed by atoms with E-state index < -0.39 is 33.9 Å². The van der Waals surface area contributed by atoms with Crippen LogP contribution in [0.1, 0.15) is 24.0 Å². The van der Waals surface area contributed by atoms with Gasteiger partial charge < -0.3 is 10.4 Å². The molecule has 8 heteroatoms. The van der Waals surface area contributed by atoms with E-state index in [0.29, 0.717) is 25.8 Å². The normalized spacial score (nSPS) is 19.5. The molecular formula is C17H24N2O5S. The number of carbonyl (C=O) groups excluding carboxylic acids is 1. The average Bonchev–Trinajstić information content (AvgIpc) is 3.00. The van der Waals surface area contributed by atoms with E-state index in [-0.39, 0.29) is 6.54 Å². The number of amides is 1. The van der Waals surface area contributed by atoms with Crippen LogP contribution in [-0.4, -0.2) is 55.1 Å². The van der Waals surface area contributed by atoms with Crippen LogP contribution in [0.25, 0.3) is 0 Å². The van der Waals surface area contributed by atoms with Crippen LogP contribution in [0, 0.1) is 12.8 Å². The highest BCUT2D eigenvalue weighted by atomic mass is 32.2. The summed E-state index contributed by atoms with van der Waals surface area (Å²) in [5.74, 6) is -2.19. The highest BCUT2D eigenvalue weighted by Crippen LogP contribution is 2.20. The maximum Gasteiger partial charge on any atom is 0.308 e. The molecule has 0 bridgehead atoms. The van der Waals surface area contributed by atoms with Gasteiger partial charge in [-0.25, -0.2) is 8.42 Å². The number of carboxylic acids is 1. The highest BCUT2D eigenvalue weighted by Gasteiger charge is 2.36. The maximum atomic E-state index is 12.3. The predicted molar refractivity (Wildman–Crippen MR) is 93.6 cm³/mol. The molecule has 0 aromatic heterocycles. The fourth-order valence-electron chi connectivity index (χ4n) is 3.11. The molecule has 0 aliphatic carbocycles. The van der Waals surface area contributed by atoms with Gasteiger partial charge in [0.25, 0.3) is 0 Å². The van der Waals surface area contributed by atoms with Gasteiger partial charge in [0.05, 0.1) is 12.2 Å². The van der Waals surface area contributed by atoms with Crippen molar-refractivity contribution in [3.05, 3.63) is 35.4 Å². The van der Waals surface area contributed by atoms with Gasteiger partial charge in [0, 0.05) is 13.1 Å². The van der Waals surface area contributed by atoms with E-state index in [9.17, 15) is 23.1 Å². The summed E-state index contributed by atoms with van der Waals surface area (Å²) in [6.45, 7) is 2.22. The lowest BCUT2D eigenvalue weighted by atomic mass is 9.98. The summed E-state index contributed by atoms with van der Waals surface area (Å²) in [5, 5.41) is 12.0. The van der Waals surface area contributed by atoms with Crippen molar-refractivity contribution >= 4 is 21.9 Å². The summed E-state index contributed by atoms with van der Waals surface area (Å²) in [6, 6.07) is 6.82. The van der Waals surface area contributed by atoms with E-state index in [4.69, 9.17) is 0 Å². The van der Waals surface area contributed by atoms with Gasteiger partial charge in [-0.2, -0.15) is 4.31 Å². The number of sulfonamides is 1. The second kappa shape index (κ2) is 7.97. The van der Waals surface area contributed by atoms with Crippen molar-refractivity contribution in [1.29, 1.82) is 0 Å². The summed E-state index contributed by atoms with van der Waals surface area (Å²) in [6.07, 6.45) is 2.46. The minimum Gasteiger partial charge on any atom is -0.481 e. The van der Waals surface area contributed by atoms with Gasteiger partial charge in [-0.3, -0.25) is 9.59 Å². The Morgan fingerprint density at radius 1 is 1.40 bits per heavy atom. The van der Waals surface area contributed by atoms with E-state index in [0.717, 1.165) is 17.4 Å². The van der Waals surface area contributed by atoms with Crippen molar-refractivity contribution in [2.24, 2.45) is 5.92 Å². The first-order valence-corrected chi connectivity index (χ1v) is 10.1. The Kier molecular flexibility index (Phi) is 6.18. The summed E-state index contributed by atoms with van der Waals surface area (Å²) in [5.41, 5.74) is 1.93. The molecule has 2 atom stereocenters. The van der Waals surface area contributed by atoms with Gasteiger partial charge in [-0.05, 0) is 31.7 Å². The molecule has 1 aliphatic heterocycles. The minimum atomic E-state index is -3.45. The van der Waals surface area contributed by atoms with E-state index in [1.54, 1.807) is 0 Å². The van der Waals surface area contributed by atoms with E-state index in [2.05, 4.69) is 5.32 Å².